The van der Waals surface area contributed by atoms with E-state index in [2.05, 4.69) is 9.88 Å². The molecule has 0 unspecified atom stereocenters. The van der Waals surface area contributed by atoms with Gasteiger partial charge in [0.05, 0.1) is 0 Å². The Hall–Kier alpha value is 0.799. The summed E-state index contributed by atoms with van der Waals surface area (Å²) in [5, 5.41) is 0. The van der Waals surface area contributed by atoms with Crippen LogP contribution in [0.5, 0.6) is 0 Å². The van der Waals surface area contributed by atoms with Crippen LogP contribution in [0.15, 0.2) is 0 Å². The zero-order valence-electron chi connectivity index (χ0n) is 6.74. The molecule has 0 nitrogen and oxygen atoms in total. The maximum absolute atomic E-state index is 2.30. The van der Waals surface area contributed by atoms with Crippen LogP contribution >= 0.6 is 0 Å². The van der Waals surface area contributed by atoms with Gasteiger partial charge < -0.3 is 0 Å². The van der Waals surface area contributed by atoms with Crippen LogP contribution < -0.4 is 0 Å². The van der Waals surface area contributed by atoms with Crippen LogP contribution in [0, 0.1) is 0 Å². The zero-order chi connectivity index (χ0) is 6.95. The Labute approximate surface area is 69.6 Å². The molecule has 0 N–H and O–H groups in total. The average molecular weight is 233 g/mol. The van der Waals surface area contributed by atoms with Crippen molar-refractivity contribution in [1.29, 1.82) is 0 Å². The Morgan fingerprint density at radius 3 is 0.889 bits per heavy atom. The molecule has 0 bridgehead atoms. The van der Waals surface area contributed by atoms with Crippen LogP contribution in [0.2, 0.25) is 9.88 Å². The summed E-state index contributed by atoms with van der Waals surface area (Å²) >= 11 is 0.230. The molecule has 0 atom stereocenters. The normalized spacial score (nSPS) is 18.0. The van der Waals surface area contributed by atoms with Crippen molar-refractivity contribution in [1.82, 2.24) is 0 Å². The molecular formula is C8H18Sn. The molecule has 0 spiro atoms. The Balaban J connectivity index is 0.000000187. The van der Waals surface area contributed by atoms with E-state index in [1.807, 2.05) is 0 Å². The molecule has 1 rings (SSSR count). The van der Waals surface area contributed by atoms with Crippen LogP contribution in [-0.4, -0.2) is 21.1 Å². The fourth-order valence-electron chi connectivity index (χ4n) is 1.06. The molecule has 0 heterocycles. The van der Waals surface area contributed by atoms with Crippen molar-refractivity contribution in [3.8, 4) is 0 Å². The molecule has 0 amide bonds. The first-order valence-electron chi connectivity index (χ1n) is 4.00. The van der Waals surface area contributed by atoms with Gasteiger partial charge in [0, 0.05) is 0 Å². The summed E-state index contributed by atoms with van der Waals surface area (Å²) in [4.78, 5) is 4.59. The Morgan fingerprint density at radius 1 is 0.667 bits per heavy atom. The SMILES string of the molecule is C1CCCCC1.[CH3][Sn][CH3]. The van der Waals surface area contributed by atoms with E-state index >= 15 is 0 Å². The van der Waals surface area contributed by atoms with Crippen molar-refractivity contribution in [3.05, 3.63) is 0 Å². The average Bonchev–Trinajstić information content (AvgIpc) is 1.93. The first kappa shape index (κ1) is 9.80. The molecule has 0 aromatic heterocycles. The van der Waals surface area contributed by atoms with Crippen LogP contribution in [-0.2, 0) is 0 Å². The minimum absolute atomic E-state index is 0.230. The predicted octanol–water partition coefficient (Wildman–Crippen LogP) is 3.13. The van der Waals surface area contributed by atoms with E-state index in [1.54, 1.807) is 0 Å². The van der Waals surface area contributed by atoms with Gasteiger partial charge in [-0.25, -0.2) is 0 Å². The third kappa shape index (κ3) is 8.80. The monoisotopic (exact) mass is 234 g/mol. The second-order valence-corrected chi connectivity index (χ2v) is 5.48. The van der Waals surface area contributed by atoms with Gasteiger partial charge in [0.15, 0.2) is 0 Å². The van der Waals surface area contributed by atoms with Gasteiger partial charge in [-0.1, -0.05) is 38.5 Å². The topological polar surface area (TPSA) is 0 Å². The van der Waals surface area contributed by atoms with Crippen LogP contribution in [0.1, 0.15) is 38.5 Å². The van der Waals surface area contributed by atoms with E-state index in [-0.39, 0.29) is 21.1 Å². The van der Waals surface area contributed by atoms with Gasteiger partial charge in [0.1, 0.15) is 0 Å². The fourth-order valence-corrected chi connectivity index (χ4v) is 1.06. The standard InChI is InChI=1S/C6H12.2CH3.Sn/c1-2-4-6-5-3-1;;;/h1-6H2;2*1H3;. The summed E-state index contributed by atoms with van der Waals surface area (Å²) in [6, 6.07) is 0. The van der Waals surface area contributed by atoms with E-state index in [4.69, 9.17) is 0 Å². The summed E-state index contributed by atoms with van der Waals surface area (Å²) in [7, 11) is 0. The van der Waals surface area contributed by atoms with E-state index < -0.39 is 0 Å². The minimum atomic E-state index is 0.230. The quantitative estimate of drug-likeness (QED) is 0.563. The van der Waals surface area contributed by atoms with Crippen molar-refractivity contribution in [2.75, 3.05) is 0 Å². The van der Waals surface area contributed by atoms with Crippen molar-refractivity contribution in [2.45, 2.75) is 48.4 Å². The number of hydrogen-bond donors (Lipinski definition) is 0. The van der Waals surface area contributed by atoms with Gasteiger partial charge in [0.2, 0.25) is 0 Å². The molecule has 1 aliphatic rings. The third-order valence-corrected chi connectivity index (χ3v) is 1.50. The molecule has 1 saturated carbocycles. The summed E-state index contributed by atoms with van der Waals surface area (Å²) in [5.41, 5.74) is 0. The second-order valence-electron chi connectivity index (χ2n) is 2.62. The fraction of sp³-hybridized carbons (Fsp3) is 1.00. The molecule has 0 aromatic carbocycles. The third-order valence-electron chi connectivity index (χ3n) is 1.50. The first-order chi connectivity index (χ1) is 4.41. The molecule has 2 radical (unpaired) electrons. The summed E-state index contributed by atoms with van der Waals surface area (Å²) in [5.74, 6) is 0. The van der Waals surface area contributed by atoms with Crippen LogP contribution in [0.3, 0.4) is 0 Å². The molecule has 0 aliphatic heterocycles. The van der Waals surface area contributed by atoms with Gasteiger partial charge in [-0.3, -0.25) is 0 Å². The van der Waals surface area contributed by atoms with E-state index in [0.29, 0.717) is 0 Å². The molecule has 1 fully saturated rings. The van der Waals surface area contributed by atoms with Gasteiger partial charge in [-0.05, 0) is 0 Å². The van der Waals surface area contributed by atoms with Gasteiger partial charge in [-0.15, -0.1) is 0 Å². The molecule has 54 valence electrons. The first-order valence-corrected chi connectivity index (χ1v) is 9.71. The number of rotatable bonds is 0. The molecular weight excluding hydrogens is 215 g/mol. The van der Waals surface area contributed by atoms with E-state index in [0.717, 1.165) is 0 Å². The molecule has 1 heteroatoms. The van der Waals surface area contributed by atoms with Crippen molar-refractivity contribution >= 4 is 21.1 Å². The summed E-state index contributed by atoms with van der Waals surface area (Å²) in [6.45, 7) is 0. The van der Waals surface area contributed by atoms with E-state index in [9.17, 15) is 0 Å². The van der Waals surface area contributed by atoms with Crippen molar-refractivity contribution in [3.63, 3.8) is 0 Å². The van der Waals surface area contributed by atoms with Crippen molar-refractivity contribution in [2.24, 2.45) is 0 Å². The van der Waals surface area contributed by atoms with Crippen LogP contribution in [0.25, 0.3) is 0 Å². The summed E-state index contributed by atoms with van der Waals surface area (Å²) < 4.78 is 0. The van der Waals surface area contributed by atoms with Gasteiger partial charge in [-0.2, -0.15) is 0 Å². The summed E-state index contributed by atoms with van der Waals surface area (Å²) in [6.07, 6.45) is 9.00. The molecule has 0 saturated heterocycles. The predicted molar refractivity (Wildman–Crippen MR) is 45.2 cm³/mol. The Morgan fingerprint density at radius 2 is 0.778 bits per heavy atom. The van der Waals surface area contributed by atoms with Gasteiger partial charge >= 0.3 is 31.0 Å². The Kier molecular flexibility index (Phi) is 9.58. The van der Waals surface area contributed by atoms with Gasteiger partial charge in [0.25, 0.3) is 0 Å². The second kappa shape index (κ2) is 8.80. The maximum atomic E-state index is 2.30. The zero-order valence-corrected chi connectivity index (χ0v) is 9.60. The Bertz CT molecular complexity index is 28.3. The molecule has 9 heavy (non-hydrogen) atoms. The molecule has 1 aliphatic carbocycles. The van der Waals surface area contributed by atoms with Crippen LogP contribution in [0.4, 0.5) is 0 Å². The van der Waals surface area contributed by atoms with E-state index in [1.165, 1.54) is 38.5 Å². The number of hydrogen-bond acceptors (Lipinski definition) is 0. The van der Waals surface area contributed by atoms with Crippen molar-refractivity contribution < 1.29 is 0 Å². The molecule has 0 aromatic rings.